The minimum absolute atomic E-state index is 0.165. The molecule has 0 spiro atoms. The van der Waals surface area contributed by atoms with Crippen molar-refractivity contribution in [2.24, 2.45) is 5.92 Å². The number of benzene rings is 1. The summed E-state index contributed by atoms with van der Waals surface area (Å²) in [5.41, 5.74) is 0.995. The van der Waals surface area contributed by atoms with Crippen LogP contribution >= 0.6 is 15.9 Å². The van der Waals surface area contributed by atoms with Crippen molar-refractivity contribution in [3.63, 3.8) is 0 Å². The molecule has 1 aliphatic rings. The predicted molar refractivity (Wildman–Crippen MR) is 69.9 cm³/mol. The molecule has 0 saturated heterocycles. The minimum Gasteiger partial charge on any atom is -0.496 e. The minimum atomic E-state index is 0.165. The van der Waals surface area contributed by atoms with E-state index in [0.717, 1.165) is 28.6 Å². The van der Waals surface area contributed by atoms with E-state index in [1.807, 2.05) is 18.2 Å². The molecule has 17 heavy (non-hydrogen) atoms. The van der Waals surface area contributed by atoms with Gasteiger partial charge >= 0.3 is 0 Å². The Labute approximate surface area is 110 Å². The van der Waals surface area contributed by atoms with Crippen LogP contribution in [0.4, 0.5) is 0 Å². The van der Waals surface area contributed by atoms with Gasteiger partial charge in [0.1, 0.15) is 5.75 Å². The van der Waals surface area contributed by atoms with Gasteiger partial charge in [-0.3, -0.25) is 4.79 Å². The number of carbonyl (C=O) groups is 1. The van der Waals surface area contributed by atoms with Gasteiger partial charge in [0, 0.05) is 22.5 Å². The van der Waals surface area contributed by atoms with Crippen LogP contribution in [0, 0.1) is 5.92 Å². The smallest absolute Gasteiger partial charge is 0.223 e. The largest absolute Gasteiger partial charge is 0.496 e. The first-order chi connectivity index (χ1) is 8.20. The van der Waals surface area contributed by atoms with Crippen LogP contribution in [0.1, 0.15) is 24.8 Å². The van der Waals surface area contributed by atoms with Crippen LogP contribution in [-0.4, -0.2) is 13.0 Å². The molecule has 1 amide bonds. The lowest BCUT2D eigenvalue weighted by Crippen LogP contribution is -2.34. The molecule has 0 aliphatic heterocycles. The molecule has 1 aliphatic carbocycles. The number of methoxy groups -OCH3 is 1. The van der Waals surface area contributed by atoms with E-state index in [9.17, 15) is 4.79 Å². The summed E-state index contributed by atoms with van der Waals surface area (Å²) in [5.74, 6) is 1.20. The van der Waals surface area contributed by atoms with Crippen molar-refractivity contribution in [3.05, 3.63) is 28.2 Å². The van der Waals surface area contributed by atoms with E-state index < -0.39 is 0 Å². The molecule has 3 nitrogen and oxygen atoms in total. The Hall–Kier alpha value is -1.03. The maximum Gasteiger partial charge on any atom is 0.223 e. The third-order valence-corrected chi connectivity index (χ3v) is 3.66. The Morgan fingerprint density at radius 2 is 2.29 bits per heavy atom. The molecule has 2 rings (SSSR count). The van der Waals surface area contributed by atoms with Crippen molar-refractivity contribution in [2.45, 2.75) is 25.8 Å². The van der Waals surface area contributed by atoms with Gasteiger partial charge in [0.05, 0.1) is 7.11 Å². The zero-order chi connectivity index (χ0) is 12.3. The lowest BCUT2D eigenvalue weighted by Gasteiger charge is -2.24. The van der Waals surface area contributed by atoms with E-state index in [0.29, 0.717) is 6.54 Å². The van der Waals surface area contributed by atoms with E-state index >= 15 is 0 Å². The summed E-state index contributed by atoms with van der Waals surface area (Å²) in [6.45, 7) is 0.526. The quantitative estimate of drug-likeness (QED) is 0.928. The number of carbonyl (C=O) groups excluding carboxylic acids is 1. The number of hydrogen-bond donors (Lipinski definition) is 1. The maximum atomic E-state index is 11.7. The summed E-state index contributed by atoms with van der Waals surface area (Å²) < 4.78 is 6.25. The molecule has 1 fully saturated rings. The topological polar surface area (TPSA) is 38.3 Å². The zero-order valence-corrected chi connectivity index (χ0v) is 11.4. The van der Waals surface area contributed by atoms with E-state index in [-0.39, 0.29) is 11.8 Å². The average Bonchev–Trinajstić information content (AvgIpc) is 2.24. The Morgan fingerprint density at radius 3 is 2.88 bits per heavy atom. The van der Waals surface area contributed by atoms with Crippen LogP contribution in [-0.2, 0) is 11.3 Å². The van der Waals surface area contributed by atoms with Gasteiger partial charge in [-0.2, -0.15) is 0 Å². The molecule has 1 N–H and O–H groups in total. The van der Waals surface area contributed by atoms with Crippen LogP contribution in [0.2, 0.25) is 0 Å². The summed E-state index contributed by atoms with van der Waals surface area (Å²) in [6.07, 6.45) is 3.24. The normalized spacial score (nSPS) is 15.2. The Morgan fingerprint density at radius 1 is 1.53 bits per heavy atom. The number of amides is 1. The van der Waals surface area contributed by atoms with Gasteiger partial charge in [-0.1, -0.05) is 22.4 Å². The van der Waals surface area contributed by atoms with E-state index in [1.54, 1.807) is 7.11 Å². The van der Waals surface area contributed by atoms with Crippen LogP contribution < -0.4 is 10.1 Å². The molecule has 0 bridgehead atoms. The Bertz CT molecular complexity index is 416. The SMILES string of the molecule is COc1ccc(Br)cc1CNC(=O)C1CCC1. The van der Waals surface area contributed by atoms with Crippen molar-refractivity contribution in [1.82, 2.24) is 5.32 Å². The fourth-order valence-corrected chi connectivity index (χ4v) is 2.29. The second-order valence-electron chi connectivity index (χ2n) is 4.30. The fraction of sp³-hybridized carbons (Fsp3) is 0.462. The lowest BCUT2D eigenvalue weighted by molar-refractivity contribution is -0.127. The number of hydrogen-bond acceptors (Lipinski definition) is 2. The van der Waals surface area contributed by atoms with E-state index in [4.69, 9.17) is 4.74 Å². The molecule has 1 aromatic rings. The van der Waals surface area contributed by atoms with Crippen LogP contribution in [0.5, 0.6) is 5.75 Å². The second-order valence-corrected chi connectivity index (χ2v) is 5.22. The fourth-order valence-electron chi connectivity index (χ4n) is 1.88. The molecule has 4 heteroatoms. The Balaban J connectivity index is 1.97. The predicted octanol–water partition coefficient (Wildman–Crippen LogP) is 2.87. The van der Waals surface area contributed by atoms with Crippen molar-refractivity contribution < 1.29 is 9.53 Å². The van der Waals surface area contributed by atoms with E-state index in [2.05, 4.69) is 21.2 Å². The average molecular weight is 298 g/mol. The van der Waals surface area contributed by atoms with Gasteiger partial charge in [-0.05, 0) is 31.0 Å². The van der Waals surface area contributed by atoms with Crippen molar-refractivity contribution in [2.75, 3.05) is 7.11 Å². The van der Waals surface area contributed by atoms with Gasteiger partial charge in [0.2, 0.25) is 5.91 Å². The first-order valence-corrected chi connectivity index (χ1v) is 6.60. The molecular formula is C13H16BrNO2. The molecule has 0 radical (unpaired) electrons. The summed E-state index contributed by atoms with van der Waals surface area (Å²) in [4.78, 5) is 11.7. The number of halogens is 1. The number of ether oxygens (including phenoxy) is 1. The standard InChI is InChI=1S/C13H16BrNO2/c1-17-12-6-5-11(14)7-10(12)8-15-13(16)9-3-2-4-9/h5-7,9H,2-4,8H2,1H3,(H,15,16). The molecule has 0 aromatic heterocycles. The van der Waals surface area contributed by atoms with Gasteiger partial charge < -0.3 is 10.1 Å². The maximum absolute atomic E-state index is 11.7. The monoisotopic (exact) mass is 297 g/mol. The van der Waals surface area contributed by atoms with Crippen LogP contribution in [0.15, 0.2) is 22.7 Å². The zero-order valence-electron chi connectivity index (χ0n) is 9.83. The number of nitrogens with one attached hydrogen (secondary N) is 1. The molecule has 92 valence electrons. The van der Waals surface area contributed by atoms with Gasteiger partial charge in [-0.25, -0.2) is 0 Å². The Kier molecular flexibility index (Phi) is 4.05. The van der Waals surface area contributed by atoms with Crippen molar-refractivity contribution >= 4 is 21.8 Å². The van der Waals surface area contributed by atoms with Gasteiger partial charge in [0.25, 0.3) is 0 Å². The first kappa shape index (κ1) is 12.4. The van der Waals surface area contributed by atoms with Gasteiger partial charge in [-0.15, -0.1) is 0 Å². The highest BCUT2D eigenvalue weighted by Gasteiger charge is 2.24. The molecule has 1 saturated carbocycles. The van der Waals surface area contributed by atoms with E-state index in [1.165, 1.54) is 6.42 Å². The highest BCUT2D eigenvalue weighted by Crippen LogP contribution is 2.27. The summed E-state index contributed by atoms with van der Waals surface area (Å²) >= 11 is 3.42. The molecule has 0 heterocycles. The highest BCUT2D eigenvalue weighted by molar-refractivity contribution is 9.10. The summed E-state index contributed by atoms with van der Waals surface area (Å²) in [7, 11) is 1.64. The number of rotatable bonds is 4. The third kappa shape index (κ3) is 3.00. The summed E-state index contributed by atoms with van der Waals surface area (Å²) in [6, 6.07) is 5.80. The van der Waals surface area contributed by atoms with Crippen LogP contribution in [0.3, 0.4) is 0 Å². The molecule has 1 aromatic carbocycles. The van der Waals surface area contributed by atoms with Crippen LogP contribution in [0.25, 0.3) is 0 Å². The lowest BCUT2D eigenvalue weighted by atomic mass is 9.85. The molecule has 0 unspecified atom stereocenters. The highest BCUT2D eigenvalue weighted by atomic mass is 79.9. The van der Waals surface area contributed by atoms with Gasteiger partial charge in [0.15, 0.2) is 0 Å². The third-order valence-electron chi connectivity index (χ3n) is 3.17. The summed E-state index contributed by atoms with van der Waals surface area (Å²) in [5, 5.41) is 2.96. The molecule has 0 atom stereocenters. The first-order valence-electron chi connectivity index (χ1n) is 5.81. The second kappa shape index (κ2) is 5.54. The molecular weight excluding hydrogens is 282 g/mol. The van der Waals surface area contributed by atoms with Crippen molar-refractivity contribution in [3.8, 4) is 5.75 Å². The van der Waals surface area contributed by atoms with Crippen molar-refractivity contribution in [1.29, 1.82) is 0 Å².